The van der Waals surface area contributed by atoms with Crippen LogP contribution in [0.3, 0.4) is 0 Å². The van der Waals surface area contributed by atoms with Crippen molar-refractivity contribution < 1.29 is 4.74 Å². The van der Waals surface area contributed by atoms with Gasteiger partial charge in [-0.1, -0.05) is 19.9 Å². The molecule has 1 aromatic carbocycles. The Morgan fingerprint density at radius 1 is 1.47 bits per heavy atom. The molecule has 0 saturated heterocycles. The fraction of sp³-hybridized carbons (Fsp3) is 0.500. The number of nitrogens with one attached hydrogen (secondary N) is 1. The number of ether oxygens (including phenoxy) is 1. The van der Waals surface area contributed by atoms with Gasteiger partial charge in [0, 0.05) is 29.8 Å². The van der Waals surface area contributed by atoms with Crippen molar-refractivity contribution in [2.24, 2.45) is 0 Å². The third-order valence-electron chi connectivity index (χ3n) is 2.65. The first-order chi connectivity index (χ1) is 7.18. The van der Waals surface area contributed by atoms with Crippen LogP contribution in [0, 0.1) is 0 Å². The number of benzene rings is 1. The second-order valence-electron chi connectivity index (χ2n) is 4.27. The highest BCUT2D eigenvalue weighted by Crippen LogP contribution is 2.36. The lowest BCUT2D eigenvalue weighted by atomic mass is 9.98. The fourth-order valence-corrected chi connectivity index (χ4v) is 2.06. The van der Waals surface area contributed by atoms with Crippen LogP contribution in [-0.4, -0.2) is 12.6 Å². The van der Waals surface area contributed by atoms with Crippen LogP contribution in [0.15, 0.2) is 18.2 Å². The molecule has 82 valence electrons. The number of fused-ring (bicyclic) bond motifs is 1. The Morgan fingerprint density at radius 3 is 3.00 bits per heavy atom. The summed E-state index contributed by atoms with van der Waals surface area (Å²) < 4.78 is 5.60. The summed E-state index contributed by atoms with van der Waals surface area (Å²) in [5.41, 5.74) is 7.93. The van der Waals surface area contributed by atoms with Gasteiger partial charge in [-0.05, 0) is 12.1 Å². The maximum Gasteiger partial charge on any atom is 0.126 e. The number of nitrogens with two attached hydrogens (primary N) is 1. The smallest absolute Gasteiger partial charge is 0.126 e. The molecule has 2 rings (SSSR count). The molecule has 3 heteroatoms. The number of hydrogen-bond acceptors (Lipinski definition) is 3. The monoisotopic (exact) mass is 206 g/mol. The third-order valence-corrected chi connectivity index (χ3v) is 2.65. The quantitative estimate of drug-likeness (QED) is 0.728. The van der Waals surface area contributed by atoms with Crippen LogP contribution in [0.5, 0.6) is 5.75 Å². The summed E-state index contributed by atoms with van der Waals surface area (Å²) in [5, 5.41) is 3.52. The Kier molecular flexibility index (Phi) is 2.82. The van der Waals surface area contributed by atoms with Gasteiger partial charge in [-0.3, -0.25) is 0 Å². The molecule has 0 spiro atoms. The lowest BCUT2D eigenvalue weighted by molar-refractivity contribution is 0.248. The fourth-order valence-electron chi connectivity index (χ4n) is 2.06. The molecule has 0 radical (unpaired) electrons. The molecule has 15 heavy (non-hydrogen) atoms. The van der Waals surface area contributed by atoms with Crippen molar-refractivity contribution in [1.29, 1.82) is 0 Å². The molecule has 1 aliphatic rings. The van der Waals surface area contributed by atoms with Crippen molar-refractivity contribution in [3.8, 4) is 5.75 Å². The van der Waals surface area contributed by atoms with Gasteiger partial charge in [-0.2, -0.15) is 0 Å². The predicted molar refractivity (Wildman–Crippen MR) is 62.0 cm³/mol. The molecule has 0 aromatic heterocycles. The van der Waals surface area contributed by atoms with E-state index in [2.05, 4.69) is 19.2 Å². The van der Waals surface area contributed by atoms with Gasteiger partial charge in [0.25, 0.3) is 0 Å². The molecule has 0 saturated carbocycles. The molecular formula is C12H18N2O. The first-order valence-electron chi connectivity index (χ1n) is 5.45. The van der Waals surface area contributed by atoms with Crippen molar-refractivity contribution >= 4 is 5.69 Å². The van der Waals surface area contributed by atoms with Gasteiger partial charge in [-0.25, -0.2) is 0 Å². The van der Waals surface area contributed by atoms with Crippen LogP contribution in [0.25, 0.3) is 0 Å². The summed E-state index contributed by atoms with van der Waals surface area (Å²) in [4.78, 5) is 0. The molecule has 1 aromatic rings. The van der Waals surface area contributed by atoms with Crippen LogP contribution < -0.4 is 15.8 Å². The van der Waals surface area contributed by atoms with Crippen LogP contribution in [0.1, 0.15) is 31.9 Å². The molecule has 1 aliphatic heterocycles. The number of hydrogen-bond donors (Lipinski definition) is 2. The first kappa shape index (κ1) is 10.3. The Morgan fingerprint density at radius 2 is 2.27 bits per heavy atom. The zero-order chi connectivity index (χ0) is 10.8. The zero-order valence-corrected chi connectivity index (χ0v) is 9.29. The average molecular weight is 206 g/mol. The number of nitrogen functional groups attached to an aromatic ring is 1. The second-order valence-corrected chi connectivity index (χ2v) is 4.27. The van der Waals surface area contributed by atoms with Crippen molar-refractivity contribution in [3.63, 3.8) is 0 Å². The second kappa shape index (κ2) is 4.11. The standard InChI is InChI=1S/C12H18N2O/c1-8(2)14-10-6-7-15-11-5-3-4-9(13)12(10)11/h3-5,8,10,14H,6-7,13H2,1-2H3. The van der Waals surface area contributed by atoms with Gasteiger partial charge in [0.05, 0.1) is 6.61 Å². The molecule has 3 N–H and O–H groups in total. The topological polar surface area (TPSA) is 47.3 Å². The van der Waals surface area contributed by atoms with Crippen molar-refractivity contribution in [2.75, 3.05) is 12.3 Å². The summed E-state index contributed by atoms with van der Waals surface area (Å²) in [7, 11) is 0. The van der Waals surface area contributed by atoms with E-state index in [9.17, 15) is 0 Å². The number of anilines is 1. The van der Waals surface area contributed by atoms with Gasteiger partial charge in [0.15, 0.2) is 0 Å². The van der Waals surface area contributed by atoms with E-state index >= 15 is 0 Å². The van der Waals surface area contributed by atoms with Gasteiger partial charge in [0.2, 0.25) is 0 Å². The highest BCUT2D eigenvalue weighted by atomic mass is 16.5. The molecule has 3 nitrogen and oxygen atoms in total. The van der Waals surface area contributed by atoms with E-state index in [-0.39, 0.29) is 0 Å². The molecule has 0 fully saturated rings. The molecule has 0 aliphatic carbocycles. The van der Waals surface area contributed by atoms with E-state index in [0.29, 0.717) is 12.1 Å². The molecule has 1 unspecified atom stereocenters. The van der Waals surface area contributed by atoms with E-state index in [0.717, 1.165) is 30.0 Å². The van der Waals surface area contributed by atoms with E-state index in [1.165, 1.54) is 0 Å². The normalized spacial score (nSPS) is 19.8. The summed E-state index contributed by atoms with van der Waals surface area (Å²) in [6, 6.07) is 6.64. The van der Waals surface area contributed by atoms with E-state index in [1.54, 1.807) is 0 Å². The largest absolute Gasteiger partial charge is 0.493 e. The van der Waals surface area contributed by atoms with Gasteiger partial charge < -0.3 is 15.8 Å². The lowest BCUT2D eigenvalue weighted by Gasteiger charge is -2.29. The van der Waals surface area contributed by atoms with Crippen molar-refractivity contribution in [1.82, 2.24) is 5.32 Å². The molecule has 0 bridgehead atoms. The minimum atomic E-state index is 0.329. The SMILES string of the molecule is CC(C)NC1CCOc2cccc(N)c21. The maximum absolute atomic E-state index is 5.99. The Balaban J connectivity index is 2.32. The summed E-state index contributed by atoms with van der Waals surface area (Å²) in [5.74, 6) is 0.930. The van der Waals surface area contributed by atoms with Gasteiger partial charge in [0.1, 0.15) is 5.75 Å². The van der Waals surface area contributed by atoms with Crippen LogP contribution >= 0.6 is 0 Å². The summed E-state index contributed by atoms with van der Waals surface area (Å²) in [6.07, 6.45) is 0.986. The zero-order valence-electron chi connectivity index (χ0n) is 9.29. The Hall–Kier alpha value is -1.22. The molecule has 1 heterocycles. The molecule has 1 atom stereocenters. The number of rotatable bonds is 2. The maximum atomic E-state index is 5.99. The van der Waals surface area contributed by atoms with Crippen molar-refractivity contribution in [2.45, 2.75) is 32.4 Å². The van der Waals surface area contributed by atoms with E-state index in [1.807, 2.05) is 18.2 Å². The third kappa shape index (κ3) is 2.07. The van der Waals surface area contributed by atoms with Gasteiger partial charge >= 0.3 is 0 Å². The minimum absolute atomic E-state index is 0.329. The van der Waals surface area contributed by atoms with Crippen LogP contribution in [0.4, 0.5) is 5.69 Å². The molecule has 0 amide bonds. The molecular weight excluding hydrogens is 188 g/mol. The summed E-state index contributed by atoms with van der Waals surface area (Å²) >= 11 is 0. The lowest BCUT2D eigenvalue weighted by Crippen LogP contribution is -2.32. The van der Waals surface area contributed by atoms with E-state index < -0.39 is 0 Å². The van der Waals surface area contributed by atoms with Crippen LogP contribution in [0.2, 0.25) is 0 Å². The minimum Gasteiger partial charge on any atom is -0.493 e. The van der Waals surface area contributed by atoms with Gasteiger partial charge in [-0.15, -0.1) is 0 Å². The van der Waals surface area contributed by atoms with E-state index in [4.69, 9.17) is 10.5 Å². The highest BCUT2D eigenvalue weighted by Gasteiger charge is 2.23. The first-order valence-corrected chi connectivity index (χ1v) is 5.45. The van der Waals surface area contributed by atoms with Crippen LogP contribution in [-0.2, 0) is 0 Å². The Bertz CT molecular complexity index is 349. The summed E-state index contributed by atoms with van der Waals surface area (Å²) in [6.45, 7) is 5.06. The predicted octanol–water partition coefficient (Wildman–Crippen LogP) is 2.09. The van der Waals surface area contributed by atoms with Crippen molar-refractivity contribution in [3.05, 3.63) is 23.8 Å². The average Bonchev–Trinajstić information content (AvgIpc) is 2.17. The highest BCUT2D eigenvalue weighted by molar-refractivity contribution is 5.56. The Labute approximate surface area is 90.6 Å².